The zero-order valence-electron chi connectivity index (χ0n) is 16.9. The van der Waals surface area contributed by atoms with Gasteiger partial charge in [0.25, 0.3) is 5.91 Å². The molecule has 2 heterocycles. The molecule has 1 fully saturated rings. The van der Waals surface area contributed by atoms with E-state index in [-0.39, 0.29) is 22.8 Å². The minimum absolute atomic E-state index is 0.0947. The highest BCUT2D eigenvalue weighted by atomic mass is 19.1. The number of amides is 1. The van der Waals surface area contributed by atoms with Crippen LogP contribution in [0.4, 0.5) is 20.4 Å². The monoisotopic (exact) mass is 423 g/mol. The first kappa shape index (κ1) is 20.4. The van der Waals surface area contributed by atoms with Crippen LogP contribution in [-0.2, 0) is 0 Å². The average Bonchev–Trinajstić information content (AvgIpc) is 3.49. The molecule has 10 heteroatoms. The second-order valence-electron chi connectivity index (χ2n) is 7.35. The fourth-order valence-corrected chi connectivity index (χ4v) is 3.03. The van der Waals surface area contributed by atoms with Gasteiger partial charge < -0.3 is 10.2 Å². The number of carbonyl (C=O) groups excluding carboxylic acids is 1. The van der Waals surface area contributed by atoms with Gasteiger partial charge >= 0.3 is 0 Å². The van der Waals surface area contributed by atoms with Gasteiger partial charge in [0, 0.05) is 18.8 Å². The number of anilines is 2. The number of nitriles is 1. The normalized spacial score (nSPS) is 14.0. The summed E-state index contributed by atoms with van der Waals surface area (Å²) in [5, 5.41) is 15.5. The molecule has 0 aliphatic heterocycles. The predicted octanol–water partition coefficient (Wildman–Crippen LogP) is 3.36. The molecule has 0 unspecified atom stereocenters. The molecule has 1 aliphatic carbocycles. The van der Waals surface area contributed by atoms with Gasteiger partial charge in [0.1, 0.15) is 17.6 Å². The van der Waals surface area contributed by atoms with Gasteiger partial charge in [-0.05, 0) is 31.9 Å². The van der Waals surface area contributed by atoms with Crippen LogP contribution in [0, 0.1) is 23.0 Å². The molecule has 31 heavy (non-hydrogen) atoms. The maximum atomic E-state index is 14.5. The number of aromatic nitrogens is 4. The van der Waals surface area contributed by atoms with Gasteiger partial charge in [-0.15, -0.1) is 0 Å². The van der Waals surface area contributed by atoms with Crippen LogP contribution in [0.2, 0.25) is 0 Å². The van der Waals surface area contributed by atoms with E-state index in [0.717, 1.165) is 30.8 Å². The van der Waals surface area contributed by atoms with Crippen LogP contribution in [0.5, 0.6) is 0 Å². The Balaban J connectivity index is 1.61. The van der Waals surface area contributed by atoms with Crippen LogP contribution in [0.3, 0.4) is 0 Å². The zero-order chi connectivity index (χ0) is 22.1. The Morgan fingerprint density at radius 2 is 2.10 bits per heavy atom. The van der Waals surface area contributed by atoms with Crippen LogP contribution in [0.1, 0.15) is 36.2 Å². The molecule has 1 aliphatic rings. The van der Waals surface area contributed by atoms with Crippen LogP contribution in [-0.4, -0.2) is 38.7 Å². The molecule has 0 spiro atoms. The Morgan fingerprint density at radius 1 is 1.32 bits per heavy atom. The molecule has 8 nitrogen and oxygen atoms in total. The lowest BCUT2D eigenvalue weighted by Gasteiger charge is -2.16. The topological polar surface area (TPSA) is 99.7 Å². The second kappa shape index (κ2) is 8.10. The average molecular weight is 423 g/mol. The standard InChI is InChI=1S/C21H19F2N7O/c1-12(8-24)27-20(31)16-6-3-13(7-17(16)22)19-18(23)10-25-21(28-19)29(2)15-9-26-30(11-15)14-4-5-14/h3,6-7,9-12,14H,4-5H2,1-2H3,(H,27,31)/t12-/m0/s1. The van der Waals surface area contributed by atoms with E-state index in [4.69, 9.17) is 5.26 Å². The molecule has 1 aromatic carbocycles. The van der Waals surface area contributed by atoms with Crippen molar-refractivity contribution >= 4 is 17.5 Å². The van der Waals surface area contributed by atoms with Crippen LogP contribution >= 0.6 is 0 Å². The van der Waals surface area contributed by atoms with Crippen molar-refractivity contribution in [1.82, 2.24) is 25.1 Å². The molecular weight excluding hydrogens is 404 g/mol. The fourth-order valence-electron chi connectivity index (χ4n) is 3.03. The Morgan fingerprint density at radius 3 is 2.77 bits per heavy atom. The number of hydrogen-bond acceptors (Lipinski definition) is 6. The Labute approximate surface area is 177 Å². The summed E-state index contributed by atoms with van der Waals surface area (Å²) < 4.78 is 30.9. The van der Waals surface area contributed by atoms with E-state index >= 15 is 0 Å². The minimum atomic E-state index is -0.848. The number of carbonyl (C=O) groups is 1. The molecular formula is C21H19F2N7O. The number of benzene rings is 1. The molecule has 2 aromatic heterocycles. The lowest BCUT2D eigenvalue weighted by molar-refractivity contribution is 0.0944. The number of nitrogens with zero attached hydrogens (tertiary/aromatic N) is 6. The van der Waals surface area contributed by atoms with Crippen molar-refractivity contribution in [2.75, 3.05) is 11.9 Å². The van der Waals surface area contributed by atoms with Gasteiger partial charge in [-0.3, -0.25) is 9.48 Å². The third-order valence-electron chi connectivity index (χ3n) is 4.96. The molecule has 158 valence electrons. The van der Waals surface area contributed by atoms with E-state index in [2.05, 4.69) is 20.4 Å². The first-order valence-corrected chi connectivity index (χ1v) is 9.68. The van der Waals surface area contributed by atoms with Crippen LogP contribution < -0.4 is 10.2 Å². The molecule has 1 N–H and O–H groups in total. The molecule has 0 bridgehead atoms. The molecule has 1 saturated carbocycles. The number of rotatable bonds is 6. The summed E-state index contributed by atoms with van der Waals surface area (Å²) in [5.41, 5.74) is 0.563. The smallest absolute Gasteiger partial charge is 0.255 e. The van der Waals surface area contributed by atoms with Crippen molar-refractivity contribution in [3.8, 4) is 17.3 Å². The maximum absolute atomic E-state index is 14.5. The van der Waals surface area contributed by atoms with Crippen molar-refractivity contribution in [1.29, 1.82) is 5.26 Å². The lowest BCUT2D eigenvalue weighted by atomic mass is 10.1. The van der Waals surface area contributed by atoms with Crippen molar-refractivity contribution < 1.29 is 13.6 Å². The van der Waals surface area contributed by atoms with Gasteiger partial charge in [0.15, 0.2) is 5.82 Å². The van der Waals surface area contributed by atoms with E-state index in [1.165, 1.54) is 19.1 Å². The largest absolute Gasteiger partial charge is 0.336 e. The van der Waals surface area contributed by atoms with E-state index in [0.29, 0.717) is 6.04 Å². The first-order chi connectivity index (χ1) is 14.9. The first-order valence-electron chi connectivity index (χ1n) is 9.68. The summed E-state index contributed by atoms with van der Waals surface area (Å²) in [5.74, 6) is -2.08. The van der Waals surface area contributed by atoms with E-state index < -0.39 is 23.6 Å². The molecule has 0 saturated heterocycles. The maximum Gasteiger partial charge on any atom is 0.255 e. The minimum Gasteiger partial charge on any atom is -0.336 e. The van der Waals surface area contributed by atoms with Crippen LogP contribution in [0.15, 0.2) is 36.8 Å². The van der Waals surface area contributed by atoms with Crippen molar-refractivity contribution in [3.63, 3.8) is 0 Å². The number of nitrogens with one attached hydrogen (secondary N) is 1. The second-order valence-corrected chi connectivity index (χ2v) is 7.35. The molecule has 1 amide bonds. The van der Waals surface area contributed by atoms with E-state index in [1.54, 1.807) is 18.1 Å². The van der Waals surface area contributed by atoms with Gasteiger partial charge in [0.2, 0.25) is 5.95 Å². The van der Waals surface area contributed by atoms with Gasteiger partial charge in [-0.25, -0.2) is 18.7 Å². The summed E-state index contributed by atoms with van der Waals surface area (Å²) in [7, 11) is 1.73. The summed E-state index contributed by atoms with van der Waals surface area (Å²) in [4.78, 5) is 22.0. The number of halogens is 2. The molecule has 3 aromatic rings. The highest BCUT2D eigenvalue weighted by Crippen LogP contribution is 2.35. The summed E-state index contributed by atoms with van der Waals surface area (Å²) in [6, 6.07) is 5.15. The van der Waals surface area contributed by atoms with Gasteiger partial charge in [-0.1, -0.05) is 6.07 Å². The third kappa shape index (κ3) is 4.21. The van der Waals surface area contributed by atoms with E-state index in [9.17, 15) is 13.6 Å². The summed E-state index contributed by atoms with van der Waals surface area (Å²) in [6.07, 6.45) is 6.76. The Kier molecular flexibility index (Phi) is 5.33. The van der Waals surface area contributed by atoms with Crippen molar-refractivity contribution in [2.24, 2.45) is 0 Å². The Bertz CT molecular complexity index is 1180. The SMILES string of the molecule is C[C@@H](C#N)NC(=O)c1ccc(-c2nc(N(C)c3cnn(C4CC4)c3)ncc2F)cc1F. The van der Waals surface area contributed by atoms with E-state index in [1.807, 2.05) is 16.9 Å². The highest BCUT2D eigenvalue weighted by molar-refractivity contribution is 5.95. The van der Waals surface area contributed by atoms with Gasteiger partial charge in [-0.2, -0.15) is 10.4 Å². The van der Waals surface area contributed by atoms with Crippen molar-refractivity contribution in [2.45, 2.75) is 31.8 Å². The van der Waals surface area contributed by atoms with Crippen molar-refractivity contribution in [3.05, 3.63) is 54.0 Å². The Hall–Kier alpha value is -3.87. The zero-order valence-corrected chi connectivity index (χ0v) is 16.9. The van der Waals surface area contributed by atoms with Crippen LogP contribution in [0.25, 0.3) is 11.3 Å². The predicted molar refractivity (Wildman–Crippen MR) is 108 cm³/mol. The van der Waals surface area contributed by atoms with Gasteiger partial charge in [0.05, 0.1) is 35.8 Å². The summed E-state index contributed by atoms with van der Waals surface area (Å²) >= 11 is 0. The molecule has 1 atom stereocenters. The highest BCUT2D eigenvalue weighted by Gasteiger charge is 2.25. The molecule has 4 rings (SSSR count). The molecule has 0 radical (unpaired) electrons. The summed E-state index contributed by atoms with van der Waals surface area (Å²) in [6.45, 7) is 1.48. The fraction of sp³-hybridized carbons (Fsp3) is 0.286. The third-order valence-corrected chi connectivity index (χ3v) is 4.96. The number of hydrogen-bond donors (Lipinski definition) is 1. The lowest BCUT2D eigenvalue weighted by Crippen LogP contribution is -2.31. The quantitative estimate of drug-likeness (QED) is 0.653.